The van der Waals surface area contributed by atoms with Crippen LogP contribution in [0.2, 0.25) is 0 Å². The zero-order chi connectivity index (χ0) is 18.8. The van der Waals surface area contributed by atoms with Gasteiger partial charge in [0.25, 0.3) is 0 Å². The molecule has 0 aliphatic rings. The minimum Gasteiger partial charge on any atom is -0.496 e. The molecule has 0 amide bonds. The van der Waals surface area contributed by atoms with Crippen molar-refractivity contribution in [1.29, 1.82) is 0 Å². The Morgan fingerprint density at radius 3 is 2.19 bits per heavy atom. The van der Waals surface area contributed by atoms with Gasteiger partial charge in [-0.05, 0) is 17.2 Å². The molecule has 1 N–H and O–H groups in total. The van der Waals surface area contributed by atoms with Gasteiger partial charge in [-0.2, -0.15) is 0 Å². The van der Waals surface area contributed by atoms with Crippen LogP contribution in [0.5, 0.6) is 11.5 Å². The summed E-state index contributed by atoms with van der Waals surface area (Å²) in [6, 6.07) is 23.0. The quantitative estimate of drug-likeness (QED) is 0.531. The molecule has 1 aromatic heterocycles. The Morgan fingerprint density at radius 2 is 1.52 bits per heavy atom. The molecule has 27 heavy (non-hydrogen) atoms. The van der Waals surface area contributed by atoms with Crippen LogP contribution in [-0.4, -0.2) is 19.3 Å². The molecule has 1 unspecified atom stereocenters. The van der Waals surface area contributed by atoms with E-state index in [1.165, 1.54) is 0 Å². The number of aliphatic hydroxyl groups excluding tert-OH is 1. The molecule has 4 nitrogen and oxygen atoms in total. The number of rotatable bonds is 5. The van der Waals surface area contributed by atoms with Gasteiger partial charge in [0, 0.05) is 17.7 Å². The minimum absolute atomic E-state index is 0.653. The minimum atomic E-state index is -0.653. The lowest BCUT2D eigenvalue weighted by Crippen LogP contribution is -1.98. The van der Waals surface area contributed by atoms with Gasteiger partial charge in [0.05, 0.1) is 19.6 Å². The van der Waals surface area contributed by atoms with Gasteiger partial charge in [-0.1, -0.05) is 54.6 Å². The monoisotopic (exact) mass is 360 g/mol. The largest absolute Gasteiger partial charge is 0.496 e. The second kappa shape index (κ2) is 7.17. The fourth-order valence-electron chi connectivity index (χ4n) is 3.17. The van der Waals surface area contributed by atoms with Crippen molar-refractivity contribution in [2.75, 3.05) is 14.2 Å². The molecule has 3 aromatic carbocycles. The molecule has 1 atom stereocenters. The first-order valence-corrected chi connectivity index (χ1v) is 8.68. The summed E-state index contributed by atoms with van der Waals surface area (Å²) in [5.74, 6) is 2.12. The van der Waals surface area contributed by atoms with E-state index >= 15 is 0 Å². The summed E-state index contributed by atoms with van der Waals surface area (Å²) in [7, 11) is 3.24. The highest BCUT2D eigenvalue weighted by molar-refractivity contribution is 5.89. The van der Waals surface area contributed by atoms with Crippen LogP contribution in [0.3, 0.4) is 0 Å². The predicted molar refractivity (Wildman–Crippen MR) is 105 cm³/mol. The number of benzene rings is 3. The predicted octanol–water partition coefficient (Wildman–Crippen LogP) is 5.20. The number of furan rings is 1. The molecular weight excluding hydrogens is 340 g/mol. The molecule has 0 aliphatic carbocycles. The van der Waals surface area contributed by atoms with Crippen molar-refractivity contribution < 1.29 is 19.0 Å². The molecule has 0 fully saturated rings. The van der Waals surface area contributed by atoms with E-state index in [9.17, 15) is 5.11 Å². The Kier molecular flexibility index (Phi) is 4.57. The molecule has 4 aromatic rings. The highest BCUT2D eigenvalue weighted by Crippen LogP contribution is 2.37. The van der Waals surface area contributed by atoms with Crippen molar-refractivity contribution >= 4 is 11.0 Å². The van der Waals surface area contributed by atoms with E-state index in [4.69, 9.17) is 13.9 Å². The van der Waals surface area contributed by atoms with Gasteiger partial charge in [0.15, 0.2) is 0 Å². The molecule has 0 saturated carbocycles. The second-order valence-electron chi connectivity index (χ2n) is 6.29. The number of fused-ring (bicyclic) bond motifs is 1. The average molecular weight is 360 g/mol. The van der Waals surface area contributed by atoms with Crippen molar-refractivity contribution in [3.8, 4) is 22.8 Å². The smallest absolute Gasteiger partial charge is 0.142 e. The molecule has 4 heteroatoms. The third-order valence-electron chi connectivity index (χ3n) is 4.65. The molecule has 0 radical (unpaired) electrons. The molecule has 0 aliphatic heterocycles. The number of hydrogen-bond donors (Lipinski definition) is 1. The maximum absolute atomic E-state index is 10.5. The standard InChI is InChI=1S/C23H20O4/c1-25-18-12-21(26-2)19-14-20(27-22(19)13-18)15-8-10-17(11-9-15)23(24)16-6-4-3-5-7-16/h3-14,23-24H,1-2H3. The summed E-state index contributed by atoms with van der Waals surface area (Å²) in [4.78, 5) is 0. The van der Waals surface area contributed by atoms with Crippen LogP contribution in [0.25, 0.3) is 22.3 Å². The zero-order valence-electron chi connectivity index (χ0n) is 15.2. The van der Waals surface area contributed by atoms with E-state index in [0.29, 0.717) is 17.1 Å². The van der Waals surface area contributed by atoms with Crippen molar-refractivity contribution in [3.63, 3.8) is 0 Å². The van der Waals surface area contributed by atoms with Gasteiger partial charge >= 0.3 is 0 Å². The van der Waals surface area contributed by atoms with E-state index in [2.05, 4.69) is 0 Å². The van der Waals surface area contributed by atoms with Crippen molar-refractivity contribution in [2.45, 2.75) is 6.10 Å². The van der Waals surface area contributed by atoms with Gasteiger partial charge in [0.2, 0.25) is 0 Å². The average Bonchev–Trinajstić information content (AvgIpc) is 3.17. The third kappa shape index (κ3) is 3.27. The van der Waals surface area contributed by atoms with Gasteiger partial charge in [-0.25, -0.2) is 0 Å². The Hall–Kier alpha value is -3.24. The molecule has 0 spiro atoms. The Balaban J connectivity index is 1.68. The molecular formula is C23H20O4. The van der Waals surface area contributed by atoms with E-state index in [1.54, 1.807) is 14.2 Å². The molecule has 4 rings (SSSR count). The van der Waals surface area contributed by atoms with E-state index < -0.39 is 6.10 Å². The topological polar surface area (TPSA) is 51.8 Å². The van der Waals surface area contributed by atoms with Gasteiger partial charge in [0.1, 0.15) is 28.9 Å². The Bertz CT molecular complexity index is 1050. The first-order valence-electron chi connectivity index (χ1n) is 8.68. The van der Waals surface area contributed by atoms with Crippen LogP contribution in [0.1, 0.15) is 17.2 Å². The first-order chi connectivity index (χ1) is 13.2. The van der Waals surface area contributed by atoms with Gasteiger partial charge in [-0.3, -0.25) is 0 Å². The number of methoxy groups -OCH3 is 2. The summed E-state index contributed by atoms with van der Waals surface area (Å²) >= 11 is 0. The number of aliphatic hydroxyl groups is 1. The molecule has 0 saturated heterocycles. The first kappa shape index (κ1) is 17.2. The van der Waals surface area contributed by atoms with Gasteiger partial charge < -0.3 is 19.0 Å². The van der Waals surface area contributed by atoms with E-state index in [0.717, 1.165) is 27.8 Å². The SMILES string of the molecule is COc1cc(OC)c2cc(-c3ccc(C(O)c4ccccc4)cc3)oc2c1. The zero-order valence-corrected chi connectivity index (χ0v) is 15.2. The summed E-state index contributed by atoms with van der Waals surface area (Å²) in [5.41, 5.74) is 3.33. The Morgan fingerprint density at radius 1 is 0.815 bits per heavy atom. The maximum atomic E-state index is 10.5. The molecule has 1 heterocycles. The van der Waals surface area contributed by atoms with Crippen molar-refractivity contribution in [2.24, 2.45) is 0 Å². The highest BCUT2D eigenvalue weighted by atomic mass is 16.5. The van der Waals surface area contributed by atoms with Crippen molar-refractivity contribution in [3.05, 3.63) is 83.9 Å². The normalized spacial score (nSPS) is 12.1. The highest BCUT2D eigenvalue weighted by Gasteiger charge is 2.14. The van der Waals surface area contributed by atoms with Crippen LogP contribution in [0, 0.1) is 0 Å². The summed E-state index contributed by atoms with van der Waals surface area (Å²) in [6.07, 6.45) is -0.653. The van der Waals surface area contributed by atoms with Crippen LogP contribution in [-0.2, 0) is 0 Å². The molecule has 0 bridgehead atoms. The fourth-order valence-corrected chi connectivity index (χ4v) is 3.17. The summed E-state index contributed by atoms with van der Waals surface area (Å²) in [5, 5.41) is 11.4. The van der Waals surface area contributed by atoms with Crippen LogP contribution < -0.4 is 9.47 Å². The van der Waals surface area contributed by atoms with E-state index in [1.807, 2.05) is 72.8 Å². The summed E-state index contributed by atoms with van der Waals surface area (Å²) < 4.78 is 16.7. The van der Waals surface area contributed by atoms with Crippen LogP contribution in [0.4, 0.5) is 0 Å². The lowest BCUT2D eigenvalue weighted by Gasteiger charge is -2.11. The Labute approximate surface area is 157 Å². The van der Waals surface area contributed by atoms with Crippen LogP contribution >= 0.6 is 0 Å². The maximum Gasteiger partial charge on any atom is 0.142 e. The second-order valence-corrected chi connectivity index (χ2v) is 6.29. The number of hydrogen-bond acceptors (Lipinski definition) is 4. The van der Waals surface area contributed by atoms with Crippen LogP contribution in [0.15, 0.2) is 77.2 Å². The number of ether oxygens (including phenoxy) is 2. The fraction of sp³-hybridized carbons (Fsp3) is 0.130. The summed E-state index contributed by atoms with van der Waals surface area (Å²) in [6.45, 7) is 0. The molecule has 136 valence electrons. The lowest BCUT2D eigenvalue weighted by atomic mass is 10.00. The third-order valence-corrected chi connectivity index (χ3v) is 4.65. The van der Waals surface area contributed by atoms with E-state index in [-0.39, 0.29) is 0 Å². The lowest BCUT2D eigenvalue weighted by molar-refractivity contribution is 0.220. The van der Waals surface area contributed by atoms with Gasteiger partial charge in [-0.15, -0.1) is 0 Å². The van der Waals surface area contributed by atoms with Crippen molar-refractivity contribution in [1.82, 2.24) is 0 Å².